The SMILES string of the molecule is CCCN(CCC1CCCC1NCC)CC1CC1. The fraction of sp³-hybridized carbons (Fsp3) is 1.00. The molecule has 2 fully saturated rings. The van der Waals surface area contributed by atoms with Gasteiger partial charge in [0.2, 0.25) is 0 Å². The van der Waals surface area contributed by atoms with Crippen LogP contribution in [-0.2, 0) is 0 Å². The Hall–Kier alpha value is -0.0800. The van der Waals surface area contributed by atoms with Crippen molar-refractivity contribution < 1.29 is 0 Å². The van der Waals surface area contributed by atoms with E-state index < -0.39 is 0 Å². The van der Waals surface area contributed by atoms with E-state index in [0.29, 0.717) is 0 Å². The Balaban J connectivity index is 1.69. The van der Waals surface area contributed by atoms with Gasteiger partial charge in [-0.05, 0) is 70.0 Å². The van der Waals surface area contributed by atoms with Crippen molar-refractivity contribution in [3.05, 3.63) is 0 Å². The summed E-state index contributed by atoms with van der Waals surface area (Å²) in [5, 5.41) is 3.68. The molecule has 0 radical (unpaired) electrons. The molecule has 0 aromatic heterocycles. The first-order valence-electron chi connectivity index (χ1n) is 8.29. The van der Waals surface area contributed by atoms with Crippen LogP contribution in [0.3, 0.4) is 0 Å². The van der Waals surface area contributed by atoms with Crippen LogP contribution in [0.2, 0.25) is 0 Å². The van der Waals surface area contributed by atoms with Crippen LogP contribution in [0.4, 0.5) is 0 Å². The maximum absolute atomic E-state index is 3.68. The molecule has 2 atom stereocenters. The maximum Gasteiger partial charge on any atom is 0.00956 e. The molecule has 106 valence electrons. The van der Waals surface area contributed by atoms with Gasteiger partial charge in [-0.25, -0.2) is 0 Å². The molecule has 2 rings (SSSR count). The summed E-state index contributed by atoms with van der Waals surface area (Å²) in [6, 6.07) is 0.819. The van der Waals surface area contributed by atoms with Gasteiger partial charge >= 0.3 is 0 Å². The monoisotopic (exact) mass is 252 g/mol. The summed E-state index contributed by atoms with van der Waals surface area (Å²) in [6.45, 7) is 9.74. The molecule has 0 aromatic rings. The Bertz CT molecular complexity index is 225. The third-order valence-corrected chi connectivity index (χ3v) is 4.69. The van der Waals surface area contributed by atoms with E-state index in [0.717, 1.165) is 24.4 Å². The van der Waals surface area contributed by atoms with Gasteiger partial charge < -0.3 is 10.2 Å². The number of rotatable bonds is 9. The molecular formula is C16H32N2. The van der Waals surface area contributed by atoms with E-state index in [1.54, 1.807) is 0 Å². The largest absolute Gasteiger partial charge is 0.314 e. The van der Waals surface area contributed by atoms with Gasteiger partial charge in [0.25, 0.3) is 0 Å². The topological polar surface area (TPSA) is 15.3 Å². The average molecular weight is 252 g/mol. The Morgan fingerprint density at radius 3 is 2.56 bits per heavy atom. The predicted octanol–water partition coefficient (Wildman–Crippen LogP) is 3.28. The minimum atomic E-state index is 0.819. The van der Waals surface area contributed by atoms with Crippen LogP contribution >= 0.6 is 0 Å². The molecule has 2 aliphatic rings. The highest BCUT2D eigenvalue weighted by Gasteiger charge is 2.28. The van der Waals surface area contributed by atoms with Crippen molar-refractivity contribution in [3.63, 3.8) is 0 Å². The van der Waals surface area contributed by atoms with Gasteiger partial charge in [0.15, 0.2) is 0 Å². The molecule has 0 spiro atoms. The van der Waals surface area contributed by atoms with Gasteiger partial charge in [-0.3, -0.25) is 0 Å². The fourth-order valence-corrected chi connectivity index (χ4v) is 3.54. The molecule has 2 aliphatic carbocycles. The van der Waals surface area contributed by atoms with E-state index in [-0.39, 0.29) is 0 Å². The van der Waals surface area contributed by atoms with Crippen LogP contribution in [0.5, 0.6) is 0 Å². The normalized spacial score (nSPS) is 28.2. The number of nitrogens with one attached hydrogen (secondary N) is 1. The fourth-order valence-electron chi connectivity index (χ4n) is 3.54. The third kappa shape index (κ3) is 4.55. The maximum atomic E-state index is 3.68. The quantitative estimate of drug-likeness (QED) is 0.677. The Morgan fingerprint density at radius 1 is 1.06 bits per heavy atom. The standard InChI is InChI=1S/C16H32N2/c1-3-11-18(13-14-8-9-14)12-10-15-6-5-7-16(15)17-4-2/h14-17H,3-13H2,1-2H3. The van der Waals surface area contributed by atoms with Gasteiger partial charge in [-0.15, -0.1) is 0 Å². The van der Waals surface area contributed by atoms with Crippen LogP contribution in [-0.4, -0.2) is 37.1 Å². The van der Waals surface area contributed by atoms with E-state index in [9.17, 15) is 0 Å². The lowest BCUT2D eigenvalue weighted by atomic mass is 9.99. The molecule has 0 aromatic carbocycles. The second kappa shape index (κ2) is 7.49. The molecule has 0 aliphatic heterocycles. The summed E-state index contributed by atoms with van der Waals surface area (Å²) >= 11 is 0. The van der Waals surface area contributed by atoms with Crippen molar-refractivity contribution in [2.75, 3.05) is 26.2 Å². The Morgan fingerprint density at radius 2 is 1.89 bits per heavy atom. The lowest BCUT2D eigenvalue weighted by Gasteiger charge is -2.26. The first-order chi connectivity index (χ1) is 8.83. The molecule has 2 heteroatoms. The summed E-state index contributed by atoms with van der Waals surface area (Å²) in [5.74, 6) is 1.99. The highest BCUT2D eigenvalue weighted by atomic mass is 15.1. The van der Waals surface area contributed by atoms with Crippen LogP contribution in [0.15, 0.2) is 0 Å². The lowest BCUT2D eigenvalue weighted by Crippen LogP contribution is -2.35. The van der Waals surface area contributed by atoms with Gasteiger partial charge in [-0.1, -0.05) is 20.3 Å². The van der Waals surface area contributed by atoms with Crippen molar-refractivity contribution in [1.29, 1.82) is 0 Å². The number of hydrogen-bond donors (Lipinski definition) is 1. The molecule has 0 bridgehead atoms. The van der Waals surface area contributed by atoms with Gasteiger partial charge in [0.05, 0.1) is 0 Å². The van der Waals surface area contributed by atoms with E-state index in [4.69, 9.17) is 0 Å². The molecule has 0 heterocycles. The van der Waals surface area contributed by atoms with Crippen molar-refractivity contribution in [3.8, 4) is 0 Å². The third-order valence-electron chi connectivity index (χ3n) is 4.69. The summed E-state index contributed by atoms with van der Waals surface area (Å²) in [6.07, 6.45) is 10.0. The van der Waals surface area contributed by atoms with E-state index >= 15 is 0 Å². The highest BCUT2D eigenvalue weighted by molar-refractivity contribution is 4.84. The van der Waals surface area contributed by atoms with Gasteiger partial charge in [0, 0.05) is 12.6 Å². The lowest BCUT2D eigenvalue weighted by molar-refractivity contribution is 0.233. The van der Waals surface area contributed by atoms with Gasteiger partial charge in [0.1, 0.15) is 0 Å². The van der Waals surface area contributed by atoms with Crippen molar-refractivity contribution in [1.82, 2.24) is 10.2 Å². The van der Waals surface area contributed by atoms with E-state index in [1.807, 2.05) is 0 Å². The molecule has 2 unspecified atom stereocenters. The Labute approximate surface area is 114 Å². The number of hydrogen-bond acceptors (Lipinski definition) is 2. The summed E-state index contributed by atoms with van der Waals surface area (Å²) in [5.41, 5.74) is 0. The zero-order chi connectivity index (χ0) is 12.8. The van der Waals surface area contributed by atoms with Crippen LogP contribution in [0.1, 0.15) is 58.8 Å². The van der Waals surface area contributed by atoms with Gasteiger partial charge in [-0.2, -0.15) is 0 Å². The summed E-state index contributed by atoms with van der Waals surface area (Å²) in [4.78, 5) is 2.74. The zero-order valence-electron chi connectivity index (χ0n) is 12.5. The first kappa shape index (κ1) is 14.3. The van der Waals surface area contributed by atoms with Crippen LogP contribution in [0, 0.1) is 11.8 Å². The second-order valence-electron chi connectivity index (χ2n) is 6.39. The molecule has 1 N–H and O–H groups in total. The average Bonchev–Trinajstić information content (AvgIpc) is 3.06. The minimum absolute atomic E-state index is 0.819. The van der Waals surface area contributed by atoms with Crippen LogP contribution in [0.25, 0.3) is 0 Å². The minimum Gasteiger partial charge on any atom is -0.314 e. The second-order valence-corrected chi connectivity index (χ2v) is 6.39. The molecule has 18 heavy (non-hydrogen) atoms. The summed E-state index contributed by atoms with van der Waals surface area (Å²) in [7, 11) is 0. The highest BCUT2D eigenvalue weighted by Crippen LogP contribution is 2.31. The molecular weight excluding hydrogens is 220 g/mol. The summed E-state index contributed by atoms with van der Waals surface area (Å²) < 4.78 is 0. The van der Waals surface area contributed by atoms with Crippen LogP contribution < -0.4 is 5.32 Å². The van der Waals surface area contributed by atoms with Crippen molar-refractivity contribution in [2.45, 2.75) is 64.8 Å². The molecule has 2 saturated carbocycles. The Kier molecular flexibility index (Phi) is 5.97. The molecule has 0 amide bonds. The van der Waals surface area contributed by atoms with Crippen molar-refractivity contribution >= 4 is 0 Å². The molecule has 2 nitrogen and oxygen atoms in total. The first-order valence-corrected chi connectivity index (χ1v) is 8.29. The smallest absolute Gasteiger partial charge is 0.00956 e. The number of nitrogens with zero attached hydrogens (tertiary/aromatic N) is 1. The van der Waals surface area contributed by atoms with E-state index in [1.165, 1.54) is 64.6 Å². The molecule has 0 saturated heterocycles. The predicted molar refractivity (Wildman–Crippen MR) is 78.9 cm³/mol. The zero-order valence-corrected chi connectivity index (χ0v) is 12.5. The van der Waals surface area contributed by atoms with Crippen molar-refractivity contribution in [2.24, 2.45) is 11.8 Å². The van der Waals surface area contributed by atoms with E-state index in [2.05, 4.69) is 24.1 Å².